The zero-order valence-electron chi connectivity index (χ0n) is 12.1. The van der Waals surface area contributed by atoms with Gasteiger partial charge in [-0.2, -0.15) is 13.2 Å². The minimum Gasteiger partial charge on any atom is -0.845 e. The fourth-order valence-corrected chi connectivity index (χ4v) is 1.92. The summed E-state index contributed by atoms with van der Waals surface area (Å²) in [5.41, 5.74) is -0.465. The molecule has 0 aliphatic rings. The van der Waals surface area contributed by atoms with Gasteiger partial charge < -0.3 is 9.84 Å². The Morgan fingerprint density at radius 1 is 1.43 bits per heavy atom. The summed E-state index contributed by atoms with van der Waals surface area (Å²) in [6.07, 6.45) is -3.47. The molecule has 0 N–H and O–H groups in total. The molecule has 10 heteroatoms. The highest BCUT2D eigenvalue weighted by atomic mass is 35.5. The summed E-state index contributed by atoms with van der Waals surface area (Å²) in [6.45, 7) is 1.80. The summed E-state index contributed by atoms with van der Waals surface area (Å²) in [5.74, 6) is -0.263. The number of aliphatic imine (C=N–C) groups is 1. The standard InChI is InChI=1S/C13H12ClF3N4O2/c1-3-8-5-10(20-21(8)12(22)18-2)23-11-9(14)4-7(6-19-11)13(15,16)17/h4-6H,3H2,1-2H3,(H,18,22)/p-1. The molecule has 0 aliphatic heterocycles. The van der Waals surface area contributed by atoms with Crippen molar-refractivity contribution in [3.05, 3.63) is 34.6 Å². The first-order valence-electron chi connectivity index (χ1n) is 6.40. The molecular formula is C13H11ClF3N4O2-. The molecule has 0 radical (unpaired) electrons. The molecule has 0 unspecified atom stereocenters. The second kappa shape index (κ2) is 6.45. The number of pyridine rings is 1. The van der Waals surface area contributed by atoms with E-state index < -0.39 is 17.8 Å². The highest BCUT2D eigenvalue weighted by molar-refractivity contribution is 6.31. The molecule has 0 spiro atoms. The van der Waals surface area contributed by atoms with E-state index in [1.807, 2.05) is 0 Å². The number of ether oxygens (including phenoxy) is 1. The fourth-order valence-electron chi connectivity index (χ4n) is 1.71. The minimum atomic E-state index is -4.55. The van der Waals surface area contributed by atoms with Gasteiger partial charge in [0, 0.05) is 25.0 Å². The Balaban J connectivity index is 2.31. The van der Waals surface area contributed by atoms with E-state index in [1.54, 1.807) is 6.92 Å². The minimum absolute atomic E-state index is 0.0204. The lowest BCUT2D eigenvalue weighted by molar-refractivity contribution is -0.222. The van der Waals surface area contributed by atoms with Crippen LogP contribution in [-0.2, 0) is 12.6 Å². The molecule has 124 valence electrons. The van der Waals surface area contributed by atoms with Crippen LogP contribution in [0.4, 0.5) is 13.2 Å². The van der Waals surface area contributed by atoms with E-state index in [4.69, 9.17) is 16.3 Å². The predicted molar refractivity (Wildman–Crippen MR) is 74.7 cm³/mol. The van der Waals surface area contributed by atoms with Gasteiger partial charge in [-0.3, -0.25) is 4.99 Å². The average Bonchev–Trinajstić information content (AvgIpc) is 2.90. The molecule has 0 aliphatic carbocycles. The molecule has 2 heterocycles. The van der Waals surface area contributed by atoms with Gasteiger partial charge in [-0.05, 0) is 12.5 Å². The zero-order valence-corrected chi connectivity index (χ0v) is 12.8. The first-order valence-corrected chi connectivity index (χ1v) is 6.77. The van der Waals surface area contributed by atoms with Crippen molar-refractivity contribution in [2.75, 3.05) is 7.05 Å². The van der Waals surface area contributed by atoms with Crippen LogP contribution < -0.4 is 9.84 Å². The normalized spacial score (nSPS) is 12.5. The lowest BCUT2D eigenvalue weighted by Gasteiger charge is -2.11. The van der Waals surface area contributed by atoms with Crippen molar-refractivity contribution < 1.29 is 23.0 Å². The zero-order chi connectivity index (χ0) is 17.2. The predicted octanol–water partition coefficient (Wildman–Crippen LogP) is 2.50. The van der Waals surface area contributed by atoms with Crippen molar-refractivity contribution in [3.63, 3.8) is 0 Å². The molecule has 2 aromatic rings. The monoisotopic (exact) mass is 347 g/mol. The number of alkyl halides is 3. The fraction of sp³-hybridized carbons (Fsp3) is 0.308. The molecule has 0 atom stereocenters. The maximum absolute atomic E-state index is 12.6. The third kappa shape index (κ3) is 3.73. The average molecular weight is 348 g/mol. The number of hydrogen-bond acceptors (Lipinski definition) is 5. The molecule has 0 bridgehead atoms. The smallest absolute Gasteiger partial charge is 0.417 e. The quantitative estimate of drug-likeness (QED) is 0.631. The van der Waals surface area contributed by atoms with Crippen molar-refractivity contribution in [2.24, 2.45) is 4.99 Å². The Morgan fingerprint density at radius 3 is 2.65 bits per heavy atom. The van der Waals surface area contributed by atoms with Crippen LogP contribution in [0.5, 0.6) is 11.8 Å². The summed E-state index contributed by atoms with van der Waals surface area (Å²) >= 11 is 5.75. The van der Waals surface area contributed by atoms with Crippen molar-refractivity contribution in [1.29, 1.82) is 0 Å². The lowest BCUT2D eigenvalue weighted by Crippen LogP contribution is -2.29. The van der Waals surface area contributed by atoms with Gasteiger partial charge >= 0.3 is 6.18 Å². The van der Waals surface area contributed by atoms with Gasteiger partial charge in [-0.15, -0.1) is 5.10 Å². The molecule has 2 aromatic heterocycles. The summed E-state index contributed by atoms with van der Waals surface area (Å²) in [4.78, 5) is 7.02. The Hall–Kier alpha value is -2.29. The third-order valence-corrected chi connectivity index (χ3v) is 3.10. The number of hydrogen-bond donors (Lipinski definition) is 0. The van der Waals surface area contributed by atoms with Crippen LogP contribution >= 0.6 is 11.6 Å². The second-order valence-corrected chi connectivity index (χ2v) is 4.76. The van der Waals surface area contributed by atoms with Crippen LogP contribution in [0.2, 0.25) is 5.02 Å². The topological polar surface area (TPSA) is 75.4 Å². The van der Waals surface area contributed by atoms with Crippen LogP contribution in [0.25, 0.3) is 0 Å². The molecule has 0 fully saturated rings. The number of aromatic nitrogens is 3. The largest absolute Gasteiger partial charge is 0.845 e. The maximum Gasteiger partial charge on any atom is 0.417 e. The summed E-state index contributed by atoms with van der Waals surface area (Å²) in [5, 5.41) is 15.2. The van der Waals surface area contributed by atoms with Crippen LogP contribution in [0, 0.1) is 0 Å². The van der Waals surface area contributed by atoms with E-state index >= 15 is 0 Å². The molecule has 23 heavy (non-hydrogen) atoms. The van der Waals surface area contributed by atoms with Crippen molar-refractivity contribution in [2.45, 2.75) is 19.5 Å². The SMILES string of the molecule is CCc1cc(Oc2ncc(C(F)(F)F)cc2Cl)nn1C([O-])=NC. The second-order valence-electron chi connectivity index (χ2n) is 4.36. The number of nitrogens with zero attached hydrogens (tertiary/aromatic N) is 4. The lowest BCUT2D eigenvalue weighted by atomic mass is 10.3. The van der Waals surface area contributed by atoms with Crippen molar-refractivity contribution in [1.82, 2.24) is 14.8 Å². The molecule has 0 aromatic carbocycles. The van der Waals surface area contributed by atoms with Gasteiger partial charge in [-0.25, -0.2) is 9.67 Å². The maximum atomic E-state index is 12.6. The van der Waals surface area contributed by atoms with Gasteiger partial charge in [0.05, 0.1) is 11.6 Å². The Bertz CT molecular complexity index is 743. The molecule has 2 rings (SSSR count). The van der Waals surface area contributed by atoms with Crippen LogP contribution in [0.15, 0.2) is 23.3 Å². The van der Waals surface area contributed by atoms with Gasteiger partial charge in [0.25, 0.3) is 0 Å². The Labute approximate surface area is 134 Å². The van der Waals surface area contributed by atoms with E-state index in [9.17, 15) is 18.3 Å². The van der Waals surface area contributed by atoms with Gasteiger partial charge in [0.1, 0.15) is 5.02 Å². The van der Waals surface area contributed by atoms with Gasteiger partial charge in [0.2, 0.25) is 11.8 Å². The third-order valence-electron chi connectivity index (χ3n) is 2.83. The van der Waals surface area contributed by atoms with E-state index in [2.05, 4.69) is 15.1 Å². The van der Waals surface area contributed by atoms with E-state index in [-0.39, 0.29) is 16.8 Å². The highest BCUT2D eigenvalue weighted by Gasteiger charge is 2.31. The van der Waals surface area contributed by atoms with Crippen LogP contribution in [0.1, 0.15) is 18.2 Å². The van der Waals surface area contributed by atoms with Gasteiger partial charge in [0.15, 0.2) is 0 Å². The Kier molecular flexibility index (Phi) is 4.79. The number of halogens is 4. The summed E-state index contributed by atoms with van der Waals surface area (Å²) in [7, 11) is 1.32. The number of rotatable bonds is 3. The van der Waals surface area contributed by atoms with E-state index in [1.165, 1.54) is 13.1 Å². The first-order chi connectivity index (χ1) is 10.8. The van der Waals surface area contributed by atoms with Crippen molar-refractivity contribution in [3.8, 4) is 11.8 Å². The highest BCUT2D eigenvalue weighted by Crippen LogP contribution is 2.34. The Morgan fingerprint density at radius 2 is 2.13 bits per heavy atom. The van der Waals surface area contributed by atoms with Crippen molar-refractivity contribution >= 4 is 17.6 Å². The van der Waals surface area contributed by atoms with E-state index in [0.717, 1.165) is 4.68 Å². The van der Waals surface area contributed by atoms with Gasteiger partial charge in [-0.1, -0.05) is 18.5 Å². The summed E-state index contributed by atoms with van der Waals surface area (Å²) < 4.78 is 44.0. The molecule has 0 amide bonds. The molecule has 0 saturated carbocycles. The number of aryl methyl sites for hydroxylation is 1. The molecular weight excluding hydrogens is 337 g/mol. The first kappa shape index (κ1) is 17.1. The van der Waals surface area contributed by atoms with Crippen LogP contribution in [-0.4, -0.2) is 27.8 Å². The summed E-state index contributed by atoms with van der Waals surface area (Å²) in [6, 6.07) is 1.57. The van der Waals surface area contributed by atoms with Crippen LogP contribution in [0.3, 0.4) is 0 Å². The van der Waals surface area contributed by atoms with E-state index in [0.29, 0.717) is 24.4 Å². The molecule has 0 saturated heterocycles. The molecule has 6 nitrogen and oxygen atoms in total.